The van der Waals surface area contributed by atoms with Gasteiger partial charge in [0.25, 0.3) is 0 Å². The zero-order valence-electron chi connectivity index (χ0n) is 13.6. The Morgan fingerprint density at radius 1 is 1.21 bits per heavy atom. The molecule has 0 radical (unpaired) electrons. The number of rotatable bonds is 5. The number of carbonyl (C=O) groups excluding carboxylic acids is 1. The van der Waals surface area contributed by atoms with Gasteiger partial charge in [0.05, 0.1) is 24.9 Å². The lowest BCUT2D eigenvalue weighted by Gasteiger charge is -2.21. The van der Waals surface area contributed by atoms with Gasteiger partial charge in [-0.25, -0.2) is 4.98 Å². The van der Waals surface area contributed by atoms with Gasteiger partial charge in [-0.1, -0.05) is 0 Å². The number of methoxy groups -OCH3 is 1. The molecule has 126 valence electrons. The number of amides is 1. The summed E-state index contributed by atoms with van der Waals surface area (Å²) >= 11 is 0. The van der Waals surface area contributed by atoms with Crippen molar-refractivity contribution in [1.82, 2.24) is 10.3 Å². The standard InChI is InChI=1S/C18H21N3O3/c1-23-15-5-7-16(8-6-15)24-17-9-4-14(12-20-17)21-18(22)13-3-2-10-19-11-13/h4-9,12-13,19H,2-3,10-11H2,1H3,(H,21,22). The Balaban J connectivity index is 1.57. The second-order valence-electron chi connectivity index (χ2n) is 5.70. The van der Waals surface area contributed by atoms with Gasteiger partial charge in [-0.05, 0) is 49.7 Å². The van der Waals surface area contributed by atoms with Crippen LogP contribution in [-0.4, -0.2) is 31.1 Å². The van der Waals surface area contributed by atoms with Crippen LogP contribution in [0.3, 0.4) is 0 Å². The highest BCUT2D eigenvalue weighted by Crippen LogP contribution is 2.23. The van der Waals surface area contributed by atoms with Gasteiger partial charge in [-0.3, -0.25) is 4.79 Å². The molecule has 1 saturated heterocycles. The van der Waals surface area contributed by atoms with E-state index in [0.29, 0.717) is 17.3 Å². The van der Waals surface area contributed by atoms with Crippen molar-refractivity contribution in [1.29, 1.82) is 0 Å². The molecule has 1 aliphatic rings. The smallest absolute Gasteiger partial charge is 0.228 e. The number of aromatic nitrogens is 1. The number of nitrogens with one attached hydrogen (secondary N) is 2. The van der Waals surface area contributed by atoms with Crippen molar-refractivity contribution in [3.63, 3.8) is 0 Å². The van der Waals surface area contributed by atoms with Crippen molar-refractivity contribution in [3.05, 3.63) is 42.6 Å². The average Bonchev–Trinajstić information content (AvgIpc) is 2.65. The van der Waals surface area contributed by atoms with Gasteiger partial charge in [-0.2, -0.15) is 0 Å². The first-order valence-electron chi connectivity index (χ1n) is 8.04. The summed E-state index contributed by atoms with van der Waals surface area (Å²) < 4.78 is 10.8. The highest BCUT2D eigenvalue weighted by atomic mass is 16.5. The fourth-order valence-corrected chi connectivity index (χ4v) is 2.60. The van der Waals surface area contributed by atoms with Crippen molar-refractivity contribution < 1.29 is 14.3 Å². The van der Waals surface area contributed by atoms with Crippen LogP contribution in [0.25, 0.3) is 0 Å². The Morgan fingerprint density at radius 2 is 2.00 bits per heavy atom. The molecule has 1 aliphatic heterocycles. The molecule has 0 saturated carbocycles. The maximum absolute atomic E-state index is 12.2. The molecule has 0 spiro atoms. The molecule has 3 rings (SSSR count). The minimum absolute atomic E-state index is 0.0222. The van der Waals surface area contributed by atoms with E-state index >= 15 is 0 Å². The van der Waals surface area contributed by atoms with Crippen LogP contribution < -0.4 is 20.1 Å². The van der Waals surface area contributed by atoms with E-state index in [4.69, 9.17) is 9.47 Å². The number of ether oxygens (including phenoxy) is 2. The molecular weight excluding hydrogens is 306 g/mol. The van der Waals surface area contributed by atoms with Crippen LogP contribution in [0.1, 0.15) is 12.8 Å². The Labute approximate surface area is 141 Å². The van der Waals surface area contributed by atoms with Gasteiger partial charge in [-0.15, -0.1) is 0 Å². The lowest BCUT2D eigenvalue weighted by Crippen LogP contribution is -2.37. The fourth-order valence-electron chi connectivity index (χ4n) is 2.60. The summed E-state index contributed by atoms with van der Waals surface area (Å²) in [5, 5.41) is 6.14. The highest BCUT2D eigenvalue weighted by Gasteiger charge is 2.20. The minimum atomic E-state index is 0.0222. The third-order valence-electron chi connectivity index (χ3n) is 3.95. The number of nitrogens with zero attached hydrogens (tertiary/aromatic N) is 1. The number of pyridine rings is 1. The first kappa shape index (κ1) is 16.3. The van der Waals surface area contributed by atoms with Crippen LogP contribution in [0, 0.1) is 5.92 Å². The number of benzene rings is 1. The monoisotopic (exact) mass is 327 g/mol. The van der Waals surface area contributed by atoms with Crippen LogP contribution >= 0.6 is 0 Å². The molecule has 1 atom stereocenters. The van der Waals surface area contributed by atoms with Gasteiger partial charge in [0, 0.05) is 12.6 Å². The van der Waals surface area contributed by atoms with Gasteiger partial charge < -0.3 is 20.1 Å². The third kappa shape index (κ3) is 4.23. The molecule has 0 aliphatic carbocycles. The molecule has 2 aromatic rings. The van der Waals surface area contributed by atoms with Crippen molar-refractivity contribution in [2.75, 3.05) is 25.5 Å². The van der Waals surface area contributed by atoms with Gasteiger partial charge in [0.15, 0.2) is 0 Å². The van der Waals surface area contributed by atoms with Crippen molar-refractivity contribution in [2.24, 2.45) is 5.92 Å². The van der Waals surface area contributed by atoms with Crippen LogP contribution in [0.2, 0.25) is 0 Å². The summed E-state index contributed by atoms with van der Waals surface area (Å²) in [5.41, 5.74) is 0.674. The van der Waals surface area contributed by atoms with Crippen LogP contribution in [0.15, 0.2) is 42.6 Å². The molecule has 6 nitrogen and oxygen atoms in total. The Hall–Kier alpha value is -2.60. The molecule has 24 heavy (non-hydrogen) atoms. The fraction of sp³-hybridized carbons (Fsp3) is 0.333. The van der Waals surface area contributed by atoms with Crippen LogP contribution in [-0.2, 0) is 4.79 Å². The summed E-state index contributed by atoms with van der Waals surface area (Å²) in [6.07, 6.45) is 3.56. The molecule has 1 amide bonds. The molecule has 1 aromatic heterocycles. The molecule has 2 heterocycles. The second-order valence-corrected chi connectivity index (χ2v) is 5.70. The number of hydrogen-bond acceptors (Lipinski definition) is 5. The second kappa shape index (κ2) is 7.79. The topological polar surface area (TPSA) is 72.5 Å². The maximum atomic E-state index is 12.2. The van der Waals surface area contributed by atoms with Gasteiger partial charge >= 0.3 is 0 Å². The number of piperidine rings is 1. The van der Waals surface area contributed by atoms with Crippen molar-refractivity contribution in [3.8, 4) is 17.4 Å². The number of anilines is 1. The SMILES string of the molecule is COc1ccc(Oc2ccc(NC(=O)C3CCCNC3)cn2)cc1. The van der Waals surface area contributed by atoms with E-state index in [1.54, 1.807) is 25.4 Å². The minimum Gasteiger partial charge on any atom is -0.497 e. The molecule has 6 heteroatoms. The number of carbonyl (C=O) groups is 1. The first-order valence-corrected chi connectivity index (χ1v) is 8.04. The largest absolute Gasteiger partial charge is 0.497 e. The molecule has 1 fully saturated rings. The van der Waals surface area contributed by atoms with E-state index in [-0.39, 0.29) is 11.8 Å². The van der Waals surface area contributed by atoms with Gasteiger partial charge in [0.1, 0.15) is 11.5 Å². The van der Waals surface area contributed by atoms with Crippen LogP contribution in [0.5, 0.6) is 17.4 Å². The molecule has 0 bridgehead atoms. The predicted molar refractivity (Wildman–Crippen MR) is 91.5 cm³/mol. The van der Waals surface area contributed by atoms with Crippen LogP contribution in [0.4, 0.5) is 5.69 Å². The summed E-state index contributed by atoms with van der Waals surface area (Å²) in [4.78, 5) is 16.4. The summed E-state index contributed by atoms with van der Waals surface area (Å²) in [6, 6.07) is 10.8. The first-order chi connectivity index (χ1) is 11.7. The molecule has 2 N–H and O–H groups in total. The van der Waals surface area contributed by atoms with E-state index in [9.17, 15) is 4.79 Å². The van der Waals surface area contributed by atoms with Gasteiger partial charge in [0.2, 0.25) is 11.8 Å². The Kier molecular flexibility index (Phi) is 5.28. The van der Waals surface area contributed by atoms with E-state index in [0.717, 1.165) is 31.7 Å². The van der Waals surface area contributed by atoms with Crippen molar-refractivity contribution >= 4 is 11.6 Å². The quantitative estimate of drug-likeness (QED) is 0.883. The highest BCUT2D eigenvalue weighted by molar-refractivity contribution is 5.92. The number of hydrogen-bond donors (Lipinski definition) is 2. The zero-order valence-corrected chi connectivity index (χ0v) is 13.6. The summed E-state index contributed by atoms with van der Waals surface area (Å²) in [7, 11) is 1.62. The maximum Gasteiger partial charge on any atom is 0.228 e. The molecule has 1 aromatic carbocycles. The lowest BCUT2D eigenvalue weighted by atomic mass is 9.99. The van der Waals surface area contributed by atoms with E-state index in [2.05, 4.69) is 15.6 Å². The summed E-state index contributed by atoms with van der Waals surface area (Å²) in [5.74, 6) is 1.97. The normalized spacial score (nSPS) is 17.1. The Bertz CT molecular complexity index is 665. The predicted octanol–water partition coefficient (Wildman–Crippen LogP) is 2.82. The molecular formula is C18H21N3O3. The third-order valence-corrected chi connectivity index (χ3v) is 3.95. The van der Waals surface area contributed by atoms with E-state index in [1.165, 1.54) is 0 Å². The average molecular weight is 327 g/mol. The lowest BCUT2D eigenvalue weighted by molar-refractivity contribution is -0.120. The van der Waals surface area contributed by atoms with E-state index in [1.807, 2.05) is 24.3 Å². The van der Waals surface area contributed by atoms with E-state index < -0.39 is 0 Å². The molecule has 1 unspecified atom stereocenters. The zero-order chi connectivity index (χ0) is 16.8. The summed E-state index contributed by atoms with van der Waals surface area (Å²) in [6.45, 7) is 1.72. The Morgan fingerprint density at radius 3 is 2.62 bits per heavy atom. The van der Waals surface area contributed by atoms with Crippen molar-refractivity contribution in [2.45, 2.75) is 12.8 Å².